The number of aliphatic carboxylic acids is 1. The number of amides is 1. The molecule has 0 aliphatic rings. The summed E-state index contributed by atoms with van der Waals surface area (Å²) < 4.78 is 0. The van der Waals surface area contributed by atoms with E-state index in [0.29, 0.717) is 6.42 Å². The second-order valence-corrected chi connectivity index (χ2v) is 6.05. The topological polar surface area (TPSA) is 104 Å². The van der Waals surface area contributed by atoms with Crippen molar-refractivity contribution in [2.75, 3.05) is 13.2 Å². The van der Waals surface area contributed by atoms with Crippen molar-refractivity contribution in [1.29, 1.82) is 0 Å². The van der Waals surface area contributed by atoms with Crippen LogP contribution < -0.4 is 5.73 Å². The first-order valence-electron chi connectivity index (χ1n) is 8.90. The predicted molar refractivity (Wildman–Crippen MR) is 90.9 cm³/mol. The number of unbranched alkanes of at least 4 members (excludes halogenated alkanes) is 8. The maximum Gasteiger partial charge on any atom is 0.306 e. The molecule has 136 valence electrons. The van der Waals surface area contributed by atoms with Crippen molar-refractivity contribution in [1.82, 2.24) is 4.90 Å². The first-order chi connectivity index (χ1) is 11.0. The van der Waals surface area contributed by atoms with E-state index in [9.17, 15) is 9.59 Å². The van der Waals surface area contributed by atoms with E-state index >= 15 is 0 Å². The molecule has 1 unspecified atom stereocenters. The van der Waals surface area contributed by atoms with Crippen LogP contribution in [0.5, 0.6) is 0 Å². The second kappa shape index (κ2) is 14.5. The standard InChI is InChI=1S/C17H34N2O4/c1-2-3-4-5-6-7-8-9-10-11-16(21)19(12-13-20)15(18)14-17(22)23/h15,20H,2-14,18H2,1H3,(H,22,23). The molecule has 0 saturated carbocycles. The zero-order chi connectivity index (χ0) is 17.5. The molecule has 6 heteroatoms. The van der Waals surface area contributed by atoms with Crippen LogP contribution in [-0.4, -0.2) is 46.3 Å². The molecule has 0 spiro atoms. The minimum atomic E-state index is -1.05. The molecule has 0 aliphatic carbocycles. The maximum absolute atomic E-state index is 12.1. The van der Waals surface area contributed by atoms with Crippen LogP contribution in [0.15, 0.2) is 0 Å². The summed E-state index contributed by atoms with van der Waals surface area (Å²) in [5, 5.41) is 17.8. The van der Waals surface area contributed by atoms with Crippen molar-refractivity contribution in [3.05, 3.63) is 0 Å². The number of hydrogen-bond acceptors (Lipinski definition) is 4. The normalized spacial score (nSPS) is 12.1. The monoisotopic (exact) mass is 330 g/mol. The van der Waals surface area contributed by atoms with Gasteiger partial charge in [-0.2, -0.15) is 0 Å². The number of aliphatic hydroxyl groups excluding tert-OH is 1. The van der Waals surface area contributed by atoms with E-state index in [2.05, 4.69) is 6.92 Å². The van der Waals surface area contributed by atoms with Crippen molar-refractivity contribution in [2.45, 2.75) is 83.7 Å². The maximum atomic E-state index is 12.1. The summed E-state index contributed by atoms with van der Waals surface area (Å²) in [5.41, 5.74) is 5.73. The molecule has 6 nitrogen and oxygen atoms in total. The number of nitrogens with two attached hydrogens (primary N) is 1. The van der Waals surface area contributed by atoms with E-state index in [1.54, 1.807) is 0 Å². The van der Waals surface area contributed by atoms with E-state index in [1.807, 2.05) is 0 Å². The molecule has 0 saturated heterocycles. The summed E-state index contributed by atoms with van der Waals surface area (Å²) in [5.74, 6) is -1.22. The quantitative estimate of drug-likeness (QED) is 0.316. The van der Waals surface area contributed by atoms with Gasteiger partial charge in [0.1, 0.15) is 0 Å². The van der Waals surface area contributed by atoms with Crippen LogP contribution in [0, 0.1) is 0 Å². The van der Waals surface area contributed by atoms with Gasteiger partial charge < -0.3 is 20.8 Å². The minimum absolute atomic E-state index is 0.0880. The summed E-state index contributed by atoms with van der Waals surface area (Å²) in [6.45, 7) is 2.08. The lowest BCUT2D eigenvalue weighted by atomic mass is 10.1. The van der Waals surface area contributed by atoms with E-state index in [1.165, 1.54) is 43.4 Å². The highest BCUT2D eigenvalue weighted by Crippen LogP contribution is 2.12. The number of aliphatic hydroxyl groups is 1. The van der Waals surface area contributed by atoms with Gasteiger partial charge in [0.15, 0.2) is 0 Å². The van der Waals surface area contributed by atoms with Gasteiger partial charge in [0.2, 0.25) is 5.91 Å². The lowest BCUT2D eigenvalue weighted by Gasteiger charge is -2.27. The molecule has 0 aromatic carbocycles. The average Bonchev–Trinajstić information content (AvgIpc) is 2.50. The van der Waals surface area contributed by atoms with Crippen LogP contribution in [0.1, 0.15) is 77.6 Å². The van der Waals surface area contributed by atoms with E-state index in [4.69, 9.17) is 15.9 Å². The van der Waals surface area contributed by atoms with Crippen molar-refractivity contribution in [3.8, 4) is 0 Å². The SMILES string of the molecule is CCCCCCCCCCCC(=O)N(CCO)C(N)CC(=O)O. The Morgan fingerprint density at radius 1 is 1.00 bits per heavy atom. The fourth-order valence-electron chi connectivity index (χ4n) is 2.60. The van der Waals surface area contributed by atoms with Gasteiger partial charge in [0, 0.05) is 13.0 Å². The van der Waals surface area contributed by atoms with Crippen LogP contribution in [0.2, 0.25) is 0 Å². The smallest absolute Gasteiger partial charge is 0.306 e. The Kier molecular flexibility index (Phi) is 13.7. The summed E-state index contributed by atoms with van der Waals surface area (Å²) >= 11 is 0. The molecule has 0 radical (unpaired) electrons. The fourth-order valence-corrected chi connectivity index (χ4v) is 2.60. The van der Waals surface area contributed by atoms with Crippen LogP contribution in [0.4, 0.5) is 0 Å². The fraction of sp³-hybridized carbons (Fsp3) is 0.882. The van der Waals surface area contributed by atoms with Gasteiger partial charge in [0.25, 0.3) is 0 Å². The van der Waals surface area contributed by atoms with Crippen molar-refractivity contribution in [2.24, 2.45) is 5.73 Å². The van der Waals surface area contributed by atoms with Crippen LogP contribution in [0.25, 0.3) is 0 Å². The van der Waals surface area contributed by atoms with E-state index < -0.39 is 12.1 Å². The molecule has 0 fully saturated rings. The Labute approximate surface area is 140 Å². The van der Waals surface area contributed by atoms with E-state index in [0.717, 1.165) is 19.3 Å². The highest BCUT2D eigenvalue weighted by atomic mass is 16.4. The molecule has 4 N–H and O–H groups in total. The molecule has 0 bridgehead atoms. The molecular weight excluding hydrogens is 296 g/mol. The third-order valence-electron chi connectivity index (χ3n) is 3.94. The Hall–Kier alpha value is -1.14. The second-order valence-electron chi connectivity index (χ2n) is 6.05. The summed E-state index contributed by atoms with van der Waals surface area (Å²) in [7, 11) is 0. The first kappa shape index (κ1) is 21.9. The number of nitrogens with zero attached hydrogens (tertiary/aromatic N) is 1. The summed E-state index contributed by atoms with van der Waals surface area (Å²) in [4.78, 5) is 24.1. The number of carbonyl (C=O) groups excluding carboxylic acids is 1. The van der Waals surface area contributed by atoms with E-state index in [-0.39, 0.29) is 25.5 Å². The molecule has 0 aromatic heterocycles. The van der Waals surface area contributed by atoms with Crippen molar-refractivity contribution < 1.29 is 19.8 Å². The number of carboxylic acids is 1. The van der Waals surface area contributed by atoms with Gasteiger partial charge >= 0.3 is 5.97 Å². The number of rotatable bonds is 15. The lowest BCUT2D eigenvalue weighted by molar-refractivity contribution is -0.141. The Morgan fingerprint density at radius 3 is 2.00 bits per heavy atom. The van der Waals surface area contributed by atoms with Gasteiger partial charge in [-0.1, -0.05) is 58.3 Å². The predicted octanol–water partition coefficient (Wildman–Crippen LogP) is 2.49. The van der Waals surface area contributed by atoms with Crippen LogP contribution >= 0.6 is 0 Å². The van der Waals surface area contributed by atoms with Crippen molar-refractivity contribution in [3.63, 3.8) is 0 Å². The molecule has 0 heterocycles. The van der Waals surface area contributed by atoms with Crippen LogP contribution in [0.3, 0.4) is 0 Å². The molecular formula is C17H34N2O4. The first-order valence-corrected chi connectivity index (χ1v) is 8.90. The highest BCUT2D eigenvalue weighted by Gasteiger charge is 2.21. The Bertz CT molecular complexity index is 324. The highest BCUT2D eigenvalue weighted by molar-refractivity contribution is 5.77. The number of carboxylic acid groups (broad SMARTS) is 1. The van der Waals surface area contributed by atoms with Gasteiger partial charge in [-0.05, 0) is 6.42 Å². The average molecular weight is 330 g/mol. The molecule has 1 amide bonds. The van der Waals surface area contributed by atoms with Gasteiger partial charge in [-0.25, -0.2) is 0 Å². The Morgan fingerprint density at radius 2 is 1.52 bits per heavy atom. The van der Waals surface area contributed by atoms with Gasteiger partial charge in [0.05, 0.1) is 19.2 Å². The molecule has 1 atom stereocenters. The third-order valence-corrected chi connectivity index (χ3v) is 3.94. The Balaban J connectivity index is 3.84. The summed E-state index contributed by atoms with van der Waals surface area (Å²) in [6, 6.07) is 0. The molecule has 0 aliphatic heterocycles. The third kappa shape index (κ3) is 12.0. The summed E-state index contributed by atoms with van der Waals surface area (Å²) in [6.07, 6.45) is 9.75. The van der Waals surface area contributed by atoms with Gasteiger partial charge in [-0.15, -0.1) is 0 Å². The molecule has 0 aromatic rings. The zero-order valence-electron chi connectivity index (χ0n) is 14.5. The van der Waals surface area contributed by atoms with Crippen molar-refractivity contribution >= 4 is 11.9 Å². The number of hydrogen-bond donors (Lipinski definition) is 3. The lowest BCUT2D eigenvalue weighted by Crippen LogP contribution is -2.48. The largest absolute Gasteiger partial charge is 0.481 e. The minimum Gasteiger partial charge on any atom is -0.481 e. The van der Waals surface area contributed by atoms with Gasteiger partial charge in [-0.3, -0.25) is 9.59 Å². The molecule has 23 heavy (non-hydrogen) atoms. The molecule has 0 rings (SSSR count). The number of carbonyl (C=O) groups is 2. The van der Waals surface area contributed by atoms with Crippen LogP contribution in [-0.2, 0) is 9.59 Å². The zero-order valence-corrected chi connectivity index (χ0v) is 14.5.